The molecule has 0 atom stereocenters. The van der Waals surface area contributed by atoms with Crippen LogP contribution in [0.1, 0.15) is 19.4 Å². The molecule has 0 unspecified atom stereocenters. The van der Waals surface area contributed by atoms with Gasteiger partial charge in [0.1, 0.15) is 0 Å². The minimum absolute atomic E-state index is 1.02. The van der Waals surface area contributed by atoms with E-state index in [-0.39, 0.29) is 0 Å². The van der Waals surface area contributed by atoms with Crippen LogP contribution < -0.4 is 4.90 Å². The summed E-state index contributed by atoms with van der Waals surface area (Å²) < 4.78 is 0. The number of nitrogens with zero attached hydrogens (tertiary/aromatic N) is 1. The number of allylic oxidation sites excluding steroid dienone is 5. The summed E-state index contributed by atoms with van der Waals surface area (Å²) in [7, 11) is 0. The van der Waals surface area contributed by atoms with Crippen LogP contribution in [0.15, 0.2) is 85.3 Å². The van der Waals surface area contributed by atoms with Crippen molar-refractivity contribution in [2.24, 2.45) is 0 Å². The summed E-state index contributed by atoms with van der Waals surface area (Å²) in [6, 6.07) is 8.28. The molecule has 1 aromatic carbocycles. The number of rotatable bonds is 6. The molecule has 0 saturated heterocycles. The lowest BCUT2D eigenvalue weighted by Crippen LogP contribution is -2.21. The van der Waals surface area contributed by atoms with Crippen LogP contribution in [0.5, 0.6) is 0 Å². The van der Waals surface area contributed by atoms with Crippen molar-refractivity contribution in [2.45, 2.75) is 20.8 Å². The van der Waals surface area contributed by atoms with E-state index in [1.165, 1.54) is 5.56 Å². The van der Waals surface area contributed by atoms with Crippen molar-refractivity contribution in [3.05, 3.63) is 90.8 Å². The van der Waals surface area contributed by atoms with Crippen LogP contribution >= 0.6 is 0 Å². The molecule has 0 aliphatic rings. The number of hydrogen-bond donors (Lipinski definition) is 0. The first-order valence-electron chi connectivity index (χ1n) is 6.70. The molecule has 0 aliphatic carbocycles. The topological polar surface area (TPSA) is 3.24 Å². The SMILES string of the molecule is C=C/C(=C\C)N(/C(C=C)=C(\C)C=C)c1ccccc1C. The van der Waals surface area contributed by atoms with E-state index in [4.69, 9.17) is 0 Å². The van der Waals surface area contributed by atoms with Gasteiger partial charge in [0.15, 0.2) is 0 Å². The molecule has 0 radical (unpaired) electrons. The monoisotopic (exact) mass is 265 g/mol. The molecule has 0 aromatic heterocycles. The van der Waals surface area contributed by atoms with Crippen LogP contribution in [-0.2, 0) is 0 Å². The van der Waals surface area contributed by atoms with Crippen molar-refractivity contribution < 1.29 is 0 Å². The second kappa shape index (κ2) is 7.34. The molecule has 104 valence electrons. The van der Waals surface area contributed by atoms with Crippen LogP contribution in [0.3, 0.4) is 0 Å². The first-order chi connectivity index (χ1) is 9.60. The van der Waals surface area contributed by atoms with Crippen LogP contribution in [0.25, 0.3) is 0 Å². The van der Waals surface area contributed by atoms with Gasteiger partial charge in [-0.1, -0.05) is 50.1 Å². The van der Waals surface area contributed by atoms with Crippen molar-refractivity contribution in [3.8, 4) is 0 Å². The summed E-state index contributed by atoms with van der Waals surface area (Å²) in [6.07, 6.45) is 7.60. The van der Waals surface area contributed by atoms with Gasteiger partial charge < -0.3 is 4.90 Å². The zero-order valence-corrected chi connectivity index (χ0v) is 12.7. The molecule has 1 heteroatoms. The lowest BCUT2D eigenvalue weighted by atomic mass is 10.1. The van der Waals surface area contributed by atoms with E-state index < -0.39 is 0 Å². The molecule has 0 heterocycles. The third kappa shape index (κ3) is 3.18. The lowest BCUT2D eigenvalue weighted by molar-refractivity contribution is 1.10. The Balaban J connectivity index is 3.60. The summed E-state index contributed by atoms with van der Waals surface area (Å²) in [5.41, 5.74) is 5.43. The van der Waals surface area contributed by atoms with Crippen LogP contribution in [0.2, 0.25) is 0 Å². The Hall–Kier alpha value is -2.28. The van der Waals surface area contributed by atoms with Gasteiger partial charge in [-0.25, -0.2) is 0 Å². The maximum atomic E-state index is 3.95. The van der Waals surface area contributed by atoms with E-state index in [2.05, 4.69) is 43.7 Å². The van der Waals surface area contributed by atoms with E-state index in [0.717, 1.165) is 22.7 Å². The molecule has 0 spiro atoms. The van der Waals surface area contributed by atoms with Crippen molar-refractivity contribution >= 4 is 5.69 Å². The van der Waals surface area contributed by atoms with Gasteiger partial charge in [-0.2, -0.15) is 0 Å². The highest BCUT2D eigenvalue weighted by atomic mass is 15.2. The summed E-state index contributed by atoms with van der Waals surface area (Å²) in [5.74, 6) is 0. The lowest BCUT2D eigenvalue weighted by Gasteiger charge is -2.29. The molecule has 1 nitrogen and oxygen atoms in total. The van der Waals surface area contributed by atoms with Gasteiger partial charge in [0, 0.05) is 17.1 Å². The molecular formula is C19H23N. The Morgan fingerprint density at radius 1 is 1.05 bits per heavy atom. The fraction of sp³-hybridized carbons (Fsp3) is 0.158. The van der Waals surface area contributed by atoms with Crippen molar-refractivity contribution in [1.29, 1.82) is 0 Å². The highest BCUT2D eigenvalue weighted by Crippen LogP contribution is 2.30. The predicted octanol–water partition coefficient (Wildman–Crippen LogP) is 5.54. The molecule has 0 bridgehead atoms. The minimum atomic E-state index is 1.02. The Bertz CT molecular complexity index is 573. The number of para-hydroxylation sites is 1. The normalized spacial score (nSPS) is 12.4. The molecule has 0 saturated carbocycles. The first-order valence-corrected chi connectivity index (χ1v) is 6.70. The number of aryl methyl sites for hydroxylation is 1. The van der Waals surface area contributed by atoms with Gasteiger partial charge in [0.05, 0.1) is 0 Å². The molecule has 1 rings (SSSR count). The number of anilines is 1. The smallest absolute Gasteiger partial charge is 0.0490 e. The number of benzene rings is 1. The maximum absolute atomic E-state index is 3.95. The Kier molecular flexibility index (Phi) is 5.79. The van der Waals surface area contributed by atoms with Gasteiger partial charge in [-0.3, -0.25) is 0 Å². The quantitative estimate of drug-likeness (QED) is 0.611. The summed E-state index contributed by atoms with van der Waals surface area (Å²) in [5, 5.41) is 0. The zero-order chi connectivity index (χ0) is 15.1. The average molecular weight is 265 g/mol. The van der Waals surface area contributed by atoms with Crippen molar-refractivity contribution in [1.82, 2.24) is 0 Å². The number of hydrogen-bond acceptors (Lipinski definition) is 1. The summed E-state index contributed by atoms with van der Waals surface area (Å²) in [6.45, 7) is 17.9. The third-order valence-corrected chi connectivity index (χ3v) is 3.26. The second-order valence-electron chi connectivity index (χ2n) is 4.52. The molecular weight excluding hydrogens is 242 g/mol. The predicted molar refractivity (Wildman–Crippen MR) is 90.7 cm³/mol. The Morgan fingerprint density at radius 3 is 2.15 bits per heavy atom. The molecule has 0 amide bonds. The highest BCUT2D eigenvalue weighted by Gasteiger charge is 2.15. The highest BCUT2D eigenvalue weighted by molar-refractivity contribution is 5.66. The standard InChI is InChI=1S/C19H23N/c1-7-15(5)18(10-4)20(17(8-2)9-3)19-14-12-11-13-16(19)6/h7-14H,1-2,4H2,3,5-6H3/b17-9+,18-15+. The van der Waals surface area contributed by atoms with Gasteiger partial charge in [0.25, 0.3) is 0 Å². The van der Waals surface area contributed by atoms with Crippen molar-refractivity contribution in [2.75, 3.05) is 4.90 Å². The molecule has 20 heavy (non-hydrogen) atoms. The molecule has 1 aromatic rings. The minimum Gasteiger partial charge on any atom is -0.310 e. The maximum Gasteiger partial charge on any atom is 0.0490 e. The van der Waals surface area contributed by atoms with E-state index in [0.29, 0.717) is 0 Å². The summed E-state index contributed by atoms with van der Waals surface area (Å²) in [4.78, 5) is 2.16. The second-order valence-corrected chi connectivity index (χ2v) is 4.52. The molecule has 0 aliphatic heterocycles. The molecule has 0 fully saturated rings. The fourth-order valence-electron chi connectivity index (χ4n) is 2.09. The van der Waals surface area contributed by atoms with E-state index in [1.807, 2.05) is 50.3 Å². The zero-order valence-electron chi connectivity index (χ0n) is 12.7. The van der Waals surface area contributed by atoms with Crippen LogP contribution in [-0.4, -0.2) is 0 Å². The average Bonchev–Trinajstić information content (AvgIpc) is 2.48. The van der Waals surface area contributed by atoms with Gasteiger partial charge >= 0.3 is 0 Å². The molecule has 0 N–H and O–H groups in total. The fourth-order valence-corrected chi connectivity index (χ4v) is 2.09. The largest absolute Gasteiger partial charge is 0.310 e. The Morgan fingerprint density at radius 2 is 1.70 bits per heavy atom. The van der Waals surface area contributed by atoms with Gasteiger partial charge in [0.2, 0.25) is 0 Å². The first kappa shape index (κ1) is 15.8. The third-order valence-electron chi connectivity index (χ3n) is 3.26. The van der Waals surface area contributed by atoms with Gasteiger partial charge in [-0.05, 0) is 50.1 Å². The van der Waals surface area contributed by atoms with E-state index >= 15 is 0 Å². The van der Waals surface area contributed by atoms with Crippen molar-refractivity contribution in [3.63, 3.8) is 0 Å². The van der Waals surface area contributed by atoms with E-state index in [9.17, 15) is 0 Å². The Labute approximate surface area is 122 Å². The van der Waals surface area contributed by atoms with Crippen LogP contribution in [0.4, 0.5) is 5.69 Å². The summed E-state index contributed by atoms with van der Waals surface area (Å²) >= 11 is 0. The van der Waals surface area contributed by atoms with Gasteiger partial charge in [-0.15, -0.1) is 0 Å². The van der Waals surface area contributed by atoms with Crippen LogP contribution in [0, 0.1) is 6.92 Å². The van der Waals surface area contributed by atoms with E-state index in [1.54, 1.807) is 0 Å².